The van der Waals surface area contributed by atoms with Crippen molar-refractivity contribution >= 4 is 23.4 Å². The van der Waals surface area contributed by atoms with Crippen molar-refractivity contribution in [3.63, 3.8) is 0 Å². The summed E-state index contributed by atoms with van der Waals surface area (Å²) in [7, 11) is 0. The van der Waals surface area contributed by atoms with E-state index in [1.807, 2.05) is 18.7 Å². The summed E-state index contributed by atoms with van der Waals surface area (Å²) in [5.41, 5.74) is 0.517. The highest BCUT2D eigenvalue weighted by molar-refractivity contribution is 6.30. The molecule has 1 heterocycles. The molecule has 1 aromatic carbocycles. The van der Waals surface area contributed by atoms with Gasteiger partial charge in [0, 0.05) is 23.7 Å². The van der Waals surface area contributed by atoms with E-state index in [1.54, 1.807) is 24.3 Å². The van der Waals surface area contributed by atoms with Gasteiger partial charge in [0.15, 0.2) is 0 Å². The largest absolute Gasteiger partial charge is 0.341 e. The molecule has 1 saturated heterocycles. The molecule has 1 fully saturated rings. The standard InChI is InChI=1S/C18H25ClN2O2/c1-13(2)16(18(23)21-11-5-3-4-6-12-21)20-17(22)14-7-9-15(19)10-8-14/h7-10,13,16H,3-6,11-12H2,1-2H3,(H,20,22). The molecule has 0 bridgehead atoms. The Kier molecular flexibility index (Phi) is 6.46. The first-order chi connectivity index (χ1) is 11.0. The molecule has 126 valence electrons. The summed E-state index contributed by atoms with van der Waals surface area (Å²) in [4.78, 5) is 27.1. The Morgan fingerprint density at radius 3 is 2.13 bits per heavy atom. The maximum atomic E-state index is 12.8. The average molecular weight is 337 g/mol. The lowest BCUT2D eigenvalue weighted by atomic mass is 10.0. The van der Waals surface area contributed by atoms with E-state index in [0.717, 1.165) is 25.9 Å². The number of halogens is 1. The molecular weight excluding hydrogens is 312 g/mol. The molecule has 1 aliphatic rings. The van der Waals surface area contributed by atoms with Crippen LogP contribution in [0.1, 0.15) is 49.9 Å². The van der Waals surface area contributed by atoms with E-state index in [-0.39, 0.29) is 17.7 Å². The first kappa shape index (κ1) is 17.8. The summed E-state index contributed by atoms with van der Waals surface area (Å²) in [6.45, 7) is 5.50. The number of hydrogen-bond acceptors (Lipinski definition) is 2. The third kappa shape index (κ3) is 4.96. The topological polar surface area (TPSA) is 49.4 Å². The molecule has 1 unspecified atom stereocenters. The van der Waals surface area contributed by atoms with Crippen molar-refractivity contribution < 1.29 is 9.59 Å². The van der Waals surface area contributed by atoms with E-state index in [0.29, 0.717) is 10.6 Å². The lowest BCUT2D eigenvalue weighted by molar-refractivity contribution is -0.134. The van der Waals surface area contributed by atoms with Gasteiger partial charge >= 0.3 is 0 Å². The fourth-order valence-corrected chi connectivity index (χ4v) is 2.95. The second-order valence-electron chi connectivity index (χ2n) is 6.44. The molecule has 5 heteroatoms. The van der Waals surface area contributed by atoms with Crippen LogP contribution in [0.25, 0.3) is 0 Å². The Bertz CT molecular complexity index is 534. The van der Waals surface area contributed by atoms with Crippen LogP contribution in [-0.2, 0) is 4.79 Å². The van der Waals surface area contributed by atoms with Crippen LogP contribution in [0.5, 0.6) is 0 Å². The second kappa shape index (κ2) is 8.34. The molecule has 1 aromatic rings. The quantitative estimate of drug-likeness (QED) is 0.914. The van der Waals surface area contributed by atoms with Gasteiger partial charge in [-0.15, -0.1) is 0 Å². The Morgan fingerprint density at radius 2 is 1.61 bits per heavy atom. The fraction of sp³-hybridized carbons (Fsp3) is 0.556. The minimum Gasteiger partial charge on any atom is -0.341 e. The van der Waals surface area contributed by atoms with E-state index >= 15 is 0 Å². The summed E-state index contributed by atoms with van der Waals surface area (Å²) in [5, 5.41) is 3.48. The van der Waals surface area contributed by atoms with Crippen LogP contribution in [-0.4, -0.2) is 35.8 Å². The number of rotatable bonds is 4. The first-order valence-corrected chi connectivity index (χ1v) is 8.72. The van der Waals surface area contributed by atoms with Crippen molar-refractivity contribution in [2.75, 3.05) is 13.1 Å². The van der Waals surface area contributed by atoms with Gasteiger partial charge < -0.3 is 10.2 Å². The van der Waals surface area contributed by atoms with Crippen LogP contribution in [0, 0.1) is 5.92 Å². The maximum Gasteiger partial charge on any atom is 0.251 e. The number of hydrogen-bond donors (Lipinski definition) is 1. The summed E-state index contributed by atoms with van der Waals surface area (Å²) < 4.78 is 0. The highest BCUT2D eigenvalue weighted by Gasteiger charge is 2.29. The third-order valence-corrected chi connectivity index (χ3v) is 4.50. The van der Waals surface area contributed by atoms with Crippen LogP contribution in [0.2, 0.25) is 5.02 Å². The smallest absolute Gasteiger partial charge is 0.251 e. The molecule has 2 amide bonds. The molecule has 0 spiro atoms. The monoisotopic (exact) mass is 336 g/mol. The van der Waals surface area contributed by atoms with E-state index in [1.165, 1.54) is 12.8 Å². The second-order valence-corrected chi connectivity index (χ2v) is 6.88. The predicted molar refractivity (Wildman–Crippen MR) is 92.6 cm³/mol. The van der Waals surface area contributed by atoms with Crippen LogP contribution in [0.4, 0.5) is 0 Å². The van der Waals surface area contributed by atoms with Gasteiger partial charge in [-0.25, -0.2) is 0 Å². The Labute approximate surface area is 143 Å². The normalized spacial score (nSPS) is 16.8. The Morgan fingerprint density at radius 1 is 1.04 bits per heavy atom. The molecule has 0 radical (unpaired) electrons. The number of carbonyl (C=O) groups is 2. The van der Waals surface area contributed by atoms with Crippen molar-refractivity contribution in [3.05, 3.63) is 34.9 Å². The molecule has 0 aliphatic carbocycles. The number of carbonyl (C=O) groups excluding carboxylic acids is 2. The zero-order valence-electron chi connectivity index (χ0n) is 13.8. The van der Waals surface area contributed by atoms with Crippen molar-refractivity contribution in [2.24, 2.45) is 5.92 Å². The van der Waals surface area contributed by atoms with Crippen LogP contribution < -0.4 is 5.32 Å². The molecule has 4 nitrogen and oxygen atoms in total. The minimum absolute atomic E-state index is 0.0317. The number of nitrogens with zero attached hydrogens (tertiary/aromatic N) is 1. The maximum absolute atomic E-state index is 12.8. The summed E-state index contributed by atoms with van der Waals surface area (Å²) >= 11 is 5.85. The van der Waals surface area contributed by atoms with E-state index in [4.69, 9.17) is 11.6 Å². The average Bonchev–Trinajstić information content (AvgIpc) is 2.81. The molecular formula is C18H25ClN2O2. The zero-order chi connectivity index (χ0) is 16.8. The Hall–Kier alpha value is -1.55. The highest BCUT2D eigenvalue weighted by atomic mass is 35.5. The Balaban J connectivity index is 2.06. The van der Waals surface area contributed by atoms with Crippen molar-refractivity contribution in [3.8, 4) is 0 Å². The number of benzene rings is 1. The lowest BCUT2D eigenvalue weighted by Crippen LogP contribution is -2.51. The fourth-order valence-electron chi connectivity index (χ4n) is 2.83. The molecule has 1 N–H and O–H groups in total. The number of likely N-dealkylation sites (tertiary alicyclic amines) is 1. The van der Waals surface area contributed by atoms with Crippen LogP contribution in [0.15, 0.2) is 24.3 Å². The van der Waals surface area contributed by atoms with Gasteiger partial charge in [0.1, 0.15) is 6.04 Å². The van der Waals surface area contributed by atoms with Crippen LogP contribution >= 0.6 is 11.6 Å². The van der Waals surface area contributed by atoms with Crippen LogP contribution in [0.3, 0.4) is 0 Å². The summed E-state index contributed by atoms with van der Waals surface area (Å²) in [5.74, 6) is -0.158. The predicted octanol–water partition coefficient (Wildman–Crippen LogP) is 3.50. The molecule has 0 aromatic heterocycles. The van der Waals surface area contributed by atoms with Gasteiger partial charge in [-0.1, -0.05) is 38.3 Å². The SMILES string of the molecule is CC(C)C(NC(=O)c1ccc(Cl)cc1)C(=O)N1CCCCCC1. The van der Waals surface area contributed by atoms with E-state index in [9.17, 15) is 9.59 Å². The van der Waals surface area contributed by atoms with Gasteiger partial charge in [0.2, 0.25) is 5.91 Å². The number of nitrogens with one attached hydrogen (secondary N) is 1. The molecule has 1 aliphatic heterocycles. The van der Waals surface area contributed by atoms with E-state index in [2.05, 4.69) is 5.32 Å². The van der Waals surface area contributed by atoms with Gasteiger partial charge in [-0.3, -0.25) is 9.59 Å². The third-order valence-electron chi connectivity index (χ3n) is 4.24. The van der Waals surface area contributed by atoms with E-state index < -0.39 is 6.04 Å². The van der Waals surface area contributed by atoms with Gasteiger partial charge in [-0.2, -0.15) is 0 Å². The minimum atomic E-state index is -0.490. The van der Waals surface area contributed by atoms with Gasteiger partial charge in [0.05, 0.1) is 0 Å². The molecule has 1 atom stereocenters. The molecule has 2 rings (SSSR count). The van der Waals surface area contributed by atoms with Gasteiger partial charge in [0.25, 0.3) is 5.91 Å². The zero-order valence-corrected chi connectivity index (χ0v) is 14.6. The lowest BCUT2D eigenvalue weighted by Gasteiger charge is -2.29. The van der Waals surface area contributed by atoms with Crippen molar-refractivity contribution in [2.45, 2.75) is 45.6 Å². The summed E-state index contributed by atoms with van der Waals surface area (Å²) in [6.07, 6.45) is 4.43. The molecule has 0 saturated carbocycles. The summed E-state index contributed by atoms with van der Waals surface area (Å²) in [6, 6.07) is 6.21. The molecule has 23 heavy (non-hydrogen) atoms. The van der Waals surface area contributed by atoms with Crippen molar-refractivity contribution in [1.29, 1.82) is 0 Å². The van der Waals surface area contributed by atoms with Crippen molar-refractivity contribution in [1.82, 2.24) is 10.2 Å². The first-order valence-electron chi connectivity index (χ1n) is 8.34. The highest BCUT2D eigenvalue weighted by Crippen LogP contribution is 2.15. The van der Waals surface area contributed by atoms with Gasteiger partial charge in [-0.05, 0) is 43.0 Å². The number of amides is 2.